The maximum Gasteiger partial charge on any atom is 0.265 e. The van der Waals surface area contributed by atoms with Gasteiger partial charge in [0, 0.05) is 52.1 Å². The van der Waals surface area contributed by atoms with E-state index >= 15 is 0 Å². The molecule has 4 unspecified atom stereocenters. The highest BCUT2D eigenvalue weighted by molar-refractivity contribution is 7.86. The summed E-state index contributed by atoms with van der Waals surface area (Å²) in [7, 11) is -8.15. The van der Waals surface area contributed by atoms with Gasteiger partial charge in [0.1, 0.15) is 11.6 Å². The number of piperazine rings is 3. The van der Waals surface area contributed by atoms with Gasteiger partial charge in [0.05, 0.1) is 22.3 Å². The van der Waals surface area contributed by atoms with E-state index in [0.717, 1.165) is 12.8 Å². The van der Waals surface area contributed by atoms with Crippen molar-refractivity contribution in [2.24, 2.45) is 33.5 Å². The minimum absolute atomic E-state index is 0.0152. The minimum atomic E-state index is -4.08. The monoisotopic (exact) mass is 576 g/mol. The first kappa shape index (κ1) is 30.0. The lowest BCUT2D eigenvalue weighted by atomic mass is 9.70. The second kappa shape index (κ2) is 9.87. The van der Waals surface area contributed by atoms with Crippen LogP contribution < -0.4 is 0 Å². The molecule has 2 N–H and O–H groups in total. The molecule has 3 saturated heterocycles. The fourth-order valence-electron chi connectivity index (χ4n) is 8.36. The molecule has 12 heteroatoms. The van der Waals surface area contributed by atoms with Crippen LogP contribution in [0.1, 0.15) is 66.2 Å². The Hall–Kier alpha value is -0.920. The van der Waals surface area contributed by atoms with Crippen LogP contribution in [0.25, 0.3) is 0 Å². The van der Waals surface area contributed by atoms with Gasteiger partial charge < -0.3 is 0 Å². The first-order valence-corrected chi connectivity index (χ1v) is 17.0. The summed E-state index contributed by atoms with van der Waals surface area (Å²) in [5, 5.41) is 0. The van der Waals surface area contributed by atoms with Crippen LogP contribution in [0.15, 0.2) is 0 Å². The van der Waals surface area contributed by atoms with Crippen LogP contribution in [-0.2, 0) is 29.8 Å². The number of hydrogen-bond donors (Lipinski definition) is 2. The Balaban J connectivity index is 0.000000139. The average molecular weight is 577 g/mol. The molecule has 0 amide bonds. The number of hydrogen-bond acceptors (Lipinski definition) is 8. The van der Waals surface area contributed by atoms with Gasteiger partial charge in [-0.25, -0.2) is 0 Å². The maximum atomic E-state index is 11.9. The maximum absolute atomic E-state index is 11.9. The van der Waals surface area contributed by atoms with Crippen molar-refractivity contribution in [3.63, 3.8) is 0 Å². The molecule has 6 bridgehead atoms. The van der Waals surface area contributed by atoms with Gasteiger partial charge in [0.2, 0.25) is 0 Å². The predicted molar refractivity (Wildman–Crippen MR) is 143 cm³/mol. The molecule has 218 valence electrons. The number of Topliss-reactive ketones (excluding diaryl/α,β-unsaturated/α-hetero) is 2. The molecule has 10 nitrogen and oxygen atoms in total. The van der Waals surface area contributed by atoms with E-state index in [1.54, 1.807) is 0 Å². The van der Waals surface area contributed by atoms with Crippen LogP contribution in [-0.4, -0.2) is 98.1 Å². The standard InChI is InChI=1S/2C10H16O4S.C6H12N2/c2*1-9(2)7-3-4-10(9,8(11)5-7)6-15(12,13)14;1-2-8-5-3-7(1)4-6-8/h2*7H,3-6H2,1-2H3,(H,12,13,14);1-6H2. The Bertz CT molecular complexity index is 1070. The van der Waals surface area contributed by atoms with E-state index in [2.05, 4.69) is 9.80 Å². The van der Waals surface area contributed by atoms with Crippen LogP contribution in [0, 0.1) is 33.5 Å². The zero-order chi connectivity index (χ0) is 28.4. The lowest BCUT2D eigenvalue weighted by molar-refractivity contribution is -0.128. The third-order valence-corrected chi connectivity index (χ3v) is 13.0. The van der Waals surface area contributed by atoms with Crippen LogP contribution in [0.2, 0.25) is 0 Å². The number of rotatable bonds is 4. The summed E-state index contributed by atoms with van der Waals surface area (Å²) in [6, 6.07) is 0. The number of nitrogens with zero attached hydrogens (tertiary/aromatic N) is 2. The molecule has 7 aliphatic rings. The number of carbonyl (C=O) groups excluding carboxylic acids is 2. The number of fused-ring (bicyclic) bond motifs is 7. The van der Waals surface area contributed by atoms with Gasteiger partial charge in [0.15, 0.2) is 0 Å². The predicted octanol–water partition coefficient (Wildman–Crippen LogP) is 2.16. The molecule has 0 aromatic rings. The summed E-state index contributed by atoms with van der Waals surface area (Å²) in [5.74, 6) is -0.203. The molecule has 38 heavy (non-hydrogen) atoms. The van der Waals surface area contributed by atoms with Gasteiger partial charge in [-0.3, -0.25) is 28.5 Å². The molecule has 3 heterocycles. The topological polar surface area (TPSA) is 149 Å². The second-order valence-corrected chi connectivity index (χ2v) is 16.4. The van der Waals surface area contributed by atoms with E-state index in [9.17, 15) is 26.4 Å². The van der Waals surface area contributed by atoms with Crippen LogP contribution in [0.5, 0.6) is 0 Å². The number of ketones is 2. The van der Waals surface area contributed by atoms with E-state index in [1.165, 1.54) is 39.3 Å². The molecule has 0 aromatic carbocycles. The molecule has 0 radical (unpaired) electrons. The number of carbonyl (C=O) groups is 2. The summed E-state index contributed by atoms with van der Waals surface area (Å²) in [5.41, 5.74) is -2.24. The van der Waals surface area contributed by atoms with Gasteiger partial charge >= 0.3 is 0 Å². The first-order valence-electron chi connectivity index (χ1n) is 13.7. The zero-order valence-corrected chi connectivity index (χ0v) is 24.7. The average Bonchev–Trinajstić information content (AvgIpc) is 3.32. The van der Waals surface area contributed by atoms with E-state index in [4.69, 9.17) is 9.11 Å². The third-order valence-electron chi connectivity index (χ3n) is 11.3. The smallest absolute Gasteiger partial charge is 0.265 e. The largest absolute Gasteiger partial charge is 0.300 e. The second-order valence-electron chi connectivity index (χ2n) is 13.5. The van der Waals surface area contributed by atoms with E-state index in [0.29, 0.717) is 25.7 Å². The quantitative estimate of drug-likeness (QED) is 0.477. The summed E-state index contributed by atoms with van der Waals surface area (Å²) in [6.45, 7) is 15.7. The van der Waals surface area contributed by atoms with Crippen molar-refractivity contribution >= 4 is 31.8 Å². The minimum Gasteiger partial charge on any atom is -0.300 e. The van der Waals surface area contributed by atoms with Gasteiger partial charge in [-0.2, -0.15) is 16.8 Å². The molecular formula is C26H44N2O8S2. The van der Waals surface area contributed by atoms with E-state index < -0.39 is 42.6 Å². The Morgan fingerprint density at radius 1 is 0.658 bits per heavy atom. The van der Waals surface area contributed by atoms with Crippen molar-refractivity contribution in [2.45, 2.75) is 66.2 Å². The Morgan fingerprint density at radius 3 is 1.11 bits per heavy atom. The molecular weight excluding hydrogens is 532 g/mol. The fraction of sp³-hybridized carbons (Fsp3) is 0.923. The van der Waals surface area contributed by atoms with E-state index in [-0.39, 0.29) is 34.2 Å². The highest BCUT2D eigenvalue weighted by atomic mass is 32.2. The molecule has 0 aromatic heterocycles. The highest BCUT2D eigenvalue weighted by Gasteiger charge is 2.66. The summed E-state index contributed by atoms with van der Waals surface area (Å²) < 4.78 is 62.0. The van der Waals surface area contributed by atoms with Crippen molar-refractivity contribution in [1.82, 2.24) is 9.80 Å². The third kappa shape index (κ3) is 5.25. The van der Waals surface area contributed by atoms with Crippen molar-refractivity contribution in [3.8, 4) is 0 Å². The molecule has 7 rings (SSSR count). The lowest BCUT2D eigenvalue weighted by Gasteiger charge is -2.41. The Kier molecular flexibility index (Phi) is 7.80. The molecule has 3 aliphatic heterocycles. The highest BCUT2D eigenvalue weighted by Crippen LogP contribution is 2.65. The molecule has 4 aliphatic carbocycles. The summed E-state index contributed by atoms with van der Waals surface area (Å²) in [4.78, 5) is 28.8. The van der Waals surface area contributed by atoms with Crippen molar-refractivity contribution in [2.75, 3.05) is 50.8 Å². The van der Waals surface area contributed by atoms with Crippen molar-refractivity contribution in [3.05, 3.63) is 0 Å². The van der Waals surface area contributed by atoms with Crippen molar-refractivity contribution in [1.29, 1.82) is 0 Å². The van der Waals surface area contributed by atoms with Gasteiger partial charge in [-0.15, -0.1) is 0 Å². The van der Waals surface area contributed by atoms with Gasteiger partial charge in [-0.05, 0) is 48.3 Å². The van der Waals surface area contributed by atoms with Crippen LogP contribution in [0.3, 0.4) is 0 Å². The van der Waals surface area contributed by atoms with Crippen LogP contribution >= 0.6 is 0 Å². The molecule has 4 saturated carbocycles. The first-order chi connectivity index (χ1) is 17.3. The van der Waals surface area contributed by atoms with Gasteiger partial charge in [-0.1, -0.05) is 27.7 Å². The van der Waals surface area contributed by atoms with E-state index in [1.807, 2.05) is 27.7 Å². The Morgan fingerprint density at radius 2 is 0.947 bits per heavy atom. The SMILES string of the molecule is C1CN2CCN1CC2.CC1(C)C2CCC1(CS(=O)(=O)O)C(=O)C2.CC1(C)C2CCC1(CS(=O)(=O)O)C(=O)C2. The fourth-order valence-corrected chi connectivity index (χ4v) is 11.0. The van der Waals surface area contributed by atoms with Crippen LogP contribution in [0.4, 0.5) is 0 Å². The van der Waals surface area contributed by atoms with Crippen molar-refractivity contribution < 1.29 is 35.5 Å². The molecule has 0 spiro atoms. The lowest BCUT2D eigenvalue weighted by Crippen LogP contribution is -2.55. The summed E-state index contributed by atoms with van der Waals surface area (Å²) in [6.07, 6.45) is 3.94. The summed E-state index contributed by atoms with van der Waals surface area (Å²) >= 11 is 0. The van der Waals surface area contributed by atoms with Gasteiger partial charge in [0.25, 0.3) is 20.2 Å². The molecule has 4 atom stereocenters. The Labute approximate surface area is 227 Å². The zero-order valence-electron chi connectivity index (χ0n) is 23.1. The molecule has 7 fully saturated rings. The normalized spacial score (nSPS) is 39.9.